The smallest absolute Gasteiger partial charge is 0.260 e. The molecular weight excluding hydrogens is 264 g/mol. The zero-order valence-electron chi connectivity index (χ0n) is 11.5. The summed E-state index contributed by atoms with van der Waals surface area (Å²) in [4.78, 5) is 6.78. The summed E-state index contributed by atoms with van der Waals surface area (Å²) in [6.45, 7) is 6.61. The van der Waals surface area contributed by atoms with Gasteiger partial charge in [-0.2, -0.15) is 4.31 Å². The maximum atomic E-state index is 12.5. The number of piperidine rings is 1. The normalized spacial score (nSPS) is 20.9. The molecule has 1 aliphatic rings. The van der Waals surface area contributed by atoms with Gasteiger partial charge in [-0.25, -0.2) is 13.4 Å². The van der Waals surface area contributed by atoms with Crippen molar-refractivity contribution in [3.05, 3.63) is 12.0 Å². The Bertz CT molecular complexity index is 506. The molecule has 7 heteroatoms. The molecule has 1 unspecified atom stereocenters. The molecule has 1 atom stereocenters. The first-order valence-electron chi connectivity index (χ1n) is 6.76. The lowest BCUT2D eigenvalue weighted by atomic mass is 10.00. The van der Waals surface area contributed by atoms with Gasteiger partial charge in [-0.3, -0.25) is 0 Å². The highest BCUT2D eigenvalue weighted by Crippen LogP contribution is 2.18. The van der Waals surface area contributed by atoms with Crippen molar-refractivity contribution in [1.82, 2.24) is 19.6 Å². The quantitative estimate of drug-likeness (QED) is 0.836. The molecular formula is C12H22N4O2S. The molecule has 1 saturated heterocycles. The second-order valence-electron chi connectivity index (χ2n) is 5.00. The van der Waals surface area contributed by atoms with E-state index in [1.807, 2.05) is 6.92 Å². The van der Waals surface area contributed by atoms with Crippen molar-refractivity contribution < 1.29 is 8.42 Å². The monoisotopic (exact) mass is 286 g/mol. The molecule has 1 aromatic heterocycles. The number of aryl methyl sites for hydroxylation is 1. The second kappa shape index (κ2) is 6.02. The third-order valence-electron chi connectivity index (χ3n) is 3.51. The minimum Gasteiger partial charge on any atom is -0.332 e. The minimum atomic E-state index is -3.44. The van der Waals surface area contributed by atoms with Crippen LogP contribution in [0.25, 0.3) is 0 Å². The Kier molecular flexibility index (Phi) is 4.59. The van der Waals surface area contributed by atoms with Gasteiger partial charge in [0.05, 0.1) is 6.20 Å². The second-order valence-corrected chi connectivity index (χ2v) is 6.91. The Morgan fingerprint density at radius 2 is 2.32 bits per heavy atom. The molecule has 108 valence electrons. The number of imidazole rings is 1. The Hall–Kier alpha value is -0.920. The van der Waals surface area contributed by atoms with Gasteiger partial charge in [0, 0.05) is 13.1 Å². The molecule has 1 fully saturated rings. The molecule has 2 rings (SSSR count). The topological polar surface area (TPSA) is 78.1 Å². The average Bonchev–Trinajstić information content (AvgIpc) is 2.84. The fourth-order valence-corrected chi connectivity index (χ4v) is 3.92. The molecule has 0 aliphatic carbocycles. The molecule has 1 aliphatic heterocycles. The molecule has 0 radical (unpaired) electrons. The van der Waals surface area contributed by atoms with Gasteiger partial charge in [-0.05, 0) is 38.8 Å². The number of aromatic amines is 1. The molecule has 0 amide bonds. The molecule has 1 aromatic rings. The van der Waals surface area contributed by atoms with Crippen molar-refractivity contribution in [3.8, 4) is 0 Å². The summed E-state index contributed by atoms with van der Waals surface area (Å²) in [6.07, 6.45) is 3.60. The zero-order chi connectivity index (χ0) is 13.9. The van der Waals surface area contributed by atoms with Crippen LogP contribution >= 0.6 is 0 Å². The number of sulfonamides is 1. The molecule has 6 nitrogen and oxygen atoms in total. The zero-order valence-corrected chi connectivity index (χ0v) is 12.3. The molecule has 0 spiro atoms. The lowest BCUT2D eigenvalue weighted by Crippen LogP contribution is -2.41. The maximum absolute atomic E-state index is 12.5. The Morgan fingerprint density at radius 3 is 2.84 bits per heavy atom. The van der Waals surface area contributed by atoms with E-state index < -0.39 is 10.0 Å². The van der Waals surface area contributed by atoms with E-state index >= 15 is 0 Å². The van der Waals surface area contributed by atoms with Crippen LogP contribution in [-0.4, -0.2) is 48.9 Å². The summed E-state index contributed by atoms with van der Waals surface area (Å²) in [5, 5.41) is 3.51. The van der Waals surface area contributed by atoms with E-state index in [1.165, 1.54) is 10.5 Å². The van der Waals surface area contributed by atoms with Gasteiger partial charge >= 0.3 is 0 Å². The fourth-order valence-electron chi connectivity index (χ4n) is 2.43. The first-order chi connectivity index (χ1) is 9.04. The lowest BCUT2D eigenvalue weighted by molar-refractivity contribution is 0.297. The number of rotatable bonds is 5. The van der Waals surface area contributed by atoms with Crippen LogP contribution in [0, 0.1) is 12.8 Å². The summed E-state index contributed by atoms with van der Waals surface area (Å²) in [6, 6.07) is 0. The Morgan fingerprint density at radius 1 is 1.53 bits per heavy atom. The number of aromatic nitrogens is 2. The van der Waals surface area contributed by atoms with Crippen LogP contribution in [-0.2, 0) is 10.0 Å². The van der Waals surface area contributed by atoms with E-state index in [0.29, 0.717) is 24.8 Å². The number of hydrogen-bond donors (Lipinski definition) is 2. The van der Waals surface area contributed by atoms with Crippen LogP contribution < -0.4 is 5.32 Å². The van der Waals surface area contributed by atoms with E-state index in [0.717, 1.165) is 25.9 Å². The summed E-state index contributed by atoms with van der Waals surface area (Å²) in [7, 11) is -3.44. The Labute approximate surface area is 114 Å². The number of nitrogens with one attached hydrogen (secondary N) is 2. The number of H-pyrrole nitrogens is 1. The van der Waals surface area contributed by atoms with Gasteiger partial charge in [0.2, 0.25) is 0 Å². The summed E-state index contributed by atoms with van der Waals surface area (Å²) >= 11 is 0. The Balaban J connectivity index is 2.11. The maximum Gasteiger partial charge on any atom is 0.260 e. The van der Waals surface area contributed by atoms with E-state index in [9.17, 15) is 8.42 Å². The largest absolute Gasteiger partial charge is 0.332 e. The highest BCUT2D eigenvalue weighted by atomic mass is 32.2. The van der Waals surface area contributed by atoms with Crippen LogP contribution in [0.3, 0.4) is 0 Å². The van der Waals surface area contributed by atoms with Crippen molar-refractivity contribution in [1.29, 1.82) is 0 Å². The van der Waals surface area contributed by atoms with Gasteiger partial charge in [0.25, 0.3) is 10.0 Å². The molecule has 0 bridgehead atoms. The third-order valence-corrected chi connectivity index (χ3v) is 5.36. The predicted molar refractivity (Wildman–Crippen MR) is 73.4 cm³/mol. The van der Waals surface area contributed by atoms with Gasteiger partial charge in [0.1, 0.15) is 5.82 Å². The van der Waals surface area contributed by atoms with Gasteiger partial charge in [0.15, 0.2) is 5.03 Å². The first kappa shape index (κ1) is 14.5. The van der Waals surface area contributed by atoms with E-state index in [2.05, 4.69) is 15.3 Å². The van der Waals surface area contributed by atoms with E-state index in [-0.39, 0.29) is 5.03 Å². The van der Waals surface area contributed by atoms with Crippen molar-refractivity contribution >= 4 is 10.0 Å². The van der Waals surface area contributed by atoms with Gasteiger partial charge in [-0.1, -0.05) is 6.92 Å². The van der Waals surface area contributed by atoms with Crippen molar-refractivity contribution in [3.63, 3.8) is 0 Å². The highest BCUT2D eigenvalue weighted by molar-refractivity contribution is 7.89. The van der Waals surface area contributed by atoms with Crippen molar-refractivity contribution in [2.24, 2.45) is 5.92 Å². The molecule has 0 saturated carbocycles. The predicted octanol–water partition coefficient (Wildman–Crippen LogP) is 0.728. The van der Waals surface area contributed by atoms with Crippen LogP contribution in [0.5, 0.6) is 0 Å². The lowest BCUT2D eigenvalue weighted by Gasteiger charge is -2.28. The molecule has 0 aromatic carbocycles. The van der Waals surface area contributed by atoms with Crippen LogP contribution in [0.2, 0.25) is 0 Å². The van der Waals surface area contributed by atoms with Crippen LogP contribution in [0.1, 0.15) is 25.6 Å². The molecule has 2 heterocycles. The fraction of sp³-hybridized carbons (Fsp3) is 0.750. The molecule has 19 heavy (non-hydrogen) atoms. The minimum absolute atomic E-state index is 0.190. The van der Waals surface area contributed by atoms with E-state index in [4.69, 9.17) is 0 Å². The highest BCUT2D eigenvalue weighted by Gasteiger charge is 2.27. The summed E-state index contributed by atoms with van der Waals surface area (Å²) in [5.41, 5.74) is 0. The van der Waals surface area contributed by atoms with Gasteiger partial charge in [-0.15, -0.1) is 0 Å². The van der Waals surface area contributed by atoms with Crippen molar-refractivity contribution in [2.45, 2.75) is 31.7 Å². The summed E-state index contributed by atoms with van der Waals surface area (Å²) < 4.78 is 26.5. The van der Waals surface area contributed by atoms with Crippen LogP contribution in [0.15, 0.2) is 11.2 Å². The number of hydrogen-bond acceptors (Lipinski definition) is 4. The first-order valence-corrected chi connectivity index (χ1v) is 8.20. The van der Waals surface area contributed by atoms with Gasteiger partial charge < -0.3 is 10.3 Å². The molecule has 2 N–H and O–H groups in total. The number of nitrogens with zero attached hydrogens (tertiary/aromatic N) is 2. The van der Waals surface area contributed by atoms with E-state index in [1.54, 1.807) is 6.92 Å². The standard InChI is InChI=1S/C12H22N4O2S/c1-3-16(9-11-5-4-6-13-7-11)19(17,18)12-8-14-10(2)15-12/h8,11,13H,3-7,9H2,1-2H3,(H,14,15). The van der Waals surface area contributed by atoms with Crippen molar-refractivity contribution in [2.75, 3.05) is 26.2 Å². The summed E-state index contributed by atoms with van der Waals surface area (Å²) in [5.74, 6) is 1.02. The SMILES string of the molecule is CCN(CC1CCCNC1)S(=O)(=O)c1cnc(C)[nH]1. The third kappa shape index (κ3) is 3.34. The average molecular weight is 286 g/mol. The van der Waals surface area contributed by atoms with Crippen LogP contribution in [0.4, 0.5) is 0 Å².